The lowest BCUT2D eigenvalue weighted by atomic mass is 10.1. The van der Waals surface area contributed by atoms with Gasteiger partial charge in [-0.1, -0.05) is 12.1 Å². The standard InChI is InChI=1S/C14H20N4O/c1-17-12-3-2-10(8-11(12)9-13(17)19)14(15)18-6-4-16-5-7-18/h2-3,8,14,16H,4-7,9,15H2,1H3. The van der Waals surface area contributed by atoms with E-state index in [-0.39, 0.29) is 12.1 Å². The smallest absolute Gasteiger partial charge is 0.231 e. The van der Waals surface area contributed by atoms with Gasteiger partial charge in [0.25, 0.3) is 0 Å². The molecule has 0 saturated carbocycles. The van der Waals surface area contributed by atoms with Crippen LogP contribution in [0.4, 0.5) is 5.69 Å². The Morgan fingerprint density at radius 2 is 2.05 bits per heavy atom. The van der Waals surface area contributed by atoms with Crippen LogP contribution < -0.4 is 16.0 Å². The topological polar surface area (TPSA) is 61.6 Å². The highest BCUT2D eigenvalue weighted by atomic mass is 16.2. The number of benzene rings is 1. The number of piperazine rings is 1. The van der Waals surface area contributed by atoms with Gasteiger partial charge in [-0.2, -0.15) is 0 Å². The highest BCUT2D eigenvalue weighted by molar-refractivity contribution is 6.00. The Balaban J connectivity index is 1.82. The molecule has 1 saturated heterocycles. The highest BCUT2D eigenvalue weighted by Gasteiger charge is 2.26. The van der Waals surface area contributed by atoms with Crippen LogP contribution in [0.5, 0.6) is 0 Å². The van der Waals surface area contributed by atoms with Crippen LogP contribution in [0.2, 0.25) is 0 Å². The van der Waals surface area contributed by atoms with Crippen molar-refractivity contribution in [2.75, 3.05) is 38.1 Å². The summed E-state index contributed by atoms with van der Waals surface area (Å²) in [5.74, 6) is 0.155. The maximum atomic E-state index is 11.7. The molecule has 2 aliphatic heterocycles. The summed E-state index contributed by atoms with van der Waals surface area (Å²) >= 11 is 0. The molecule has 5 nitrogen and oxygen atoms in total. The number of hydrogen-bond acceptors (Lipinski definition) is 4. The van der Waals surface area contributed by atoms with Crippen molar-refractivity contribution in [3.63, 3.8) is 0 Å². The second-order valence-corrected chi connectivity index (χ2v) is 5.25. The minimum absolute atomic E-state index is 0.0755. The maximum Gasteiger partial charge on any atom is 0.231 e. The Hall–Kier alpha value is -1.43. The Morgan fingerprint density at radius 3 is 2.79 bits per heavy atom. The lowest BCUT2D eigenvalue weighted by Crippen LogP contribution is -2.47. The van der Waals surface area contributed by atoms with Crippen molar-refractivity contribution >= 4 is 11.6 Å². The first-order chi connectivity index (χ1) is 9.16. The number of likely N-dealkylation sites (N-methyl/N-ethyl adjacent to an activating group) is 1. The van der Waals surface area contributed by atoms with Crippen molar-refractivity contribution in [2.24, 2.45) is 5.73 Å². The van der Waals surface area contributed by atoms with Gasteiger partial charge in [-0.3, -0.25) is 9.69 Å². The van der Waals surface area contributed by atoms with Gasteiger partial charge in [0, 0.05) is 38.9 Å². The number of anilines is 1. The zero-order chi connectivity index (χ0) is 13.4. The van der Waals surface area contributed by atoms with E-state index in [0.717, 1.165) is 43.0 Å². The van der Waals surface area contributed by atoms with E-state index >= 15 is 0 Å². The van der Waals surface area contributed by atoms with Crippen LogP contribution in [0, 0.1) is 0 Å². The quantitative estimate of drug-likeness (QED) is 0.790. The predicted molar refractivity (Wildman–Crippen MR) is 74.9 cm³/mol. The molecule has 2 aliphatic rings. The number of nitrogens with zero attached hydrogens (tertiary/aromatic N) is 2. The first-order valence-corrected chi connectivity index (χ1v) is 6.76. The summed E-state index contributed by atoms with van der Waals surface area (Å²) < 4.78 is 0. The van der Waals surface area contributed by atoms with E-state index in [4.69, 9.17) is 5.73 Å². The number of nitrogens with two attached hydrogens (primary N) is 1. The van der Waals surface area contributed by atoms with Crippen molar-refractivity contribution in [1.82, 2.24) is 10.2 Å². The Labute approximate surface area is 113 Å². The average molecular weight is 260 g/mol. The second kappa shape index (κ2) is 4.92. The number of hydrogen-bond donors (Lipinski definition) is 2. The van der Waals surface area contributed by atoms with Gasteiger partial charge in [0.05, 0.1) is 12.6 Å². The largest absolute Gasteiger partial charge is 0.315 e. The number of carbonyl (C=O) groups is 1. The predicted octanol–water partition coefficient (Wildman–Crippen LogP) is 0.0680. The fraction of sp³-hybridized carbons (Fsp3) is 0.500. The molecule has 19 heavy (non-hydrogen) atoms. The van der Waals surface area contributed by atoms with Gasteiger partial charge in [-0.15, -0.1) is 0 Å². The van der Waals surface area contributed by atoms with E-state index < -0.39 is 0 Å². The minimum atomic E-state index is -0.0755. The van der Waals surface area contributed by atoms with Crippen LogP contribution in [0.3, 0.4) is 0 Å². The molecule has 1 unspecified atom stereocenters. The van der Waals surface area contributed by atoms with Crippen molar-refractivity contribution in [2.45, 2.75) is 12.6 Å². The van der Waals surface area contributed by atoms with Gasteiger partial charge in [-0.25, -0.2) is 0 Å². The van der Waals surface area contributed by atoms with E-state index in [1.165, 1.54) is 0 Å². The van der Waals surface area contributed by atoms with Crippen molar-refractivity contribution in [3.05, 3.63) is 29.3 Å². The van der Waals surface area contributed by atoms with Gasteiger partial charge in [0.15, 0.2) is 0 Å². The Morgan fingerprint density at radius 1 is 1.32 bits per heavy atom. The molecule has 3 N–H and O–H groups in total. The number of fused-ring (bicyclic) bond motifs is 1. The molecular formula is C14H20N4O. The van der Waals surface area contributed by atoms with Gasteiger partial charge < -0.3 is 16.0 Å². The third-order valence-corrected chi connectivity index (χ3v) is 4.07. The van der Waals surface area contributed by atoms with Gasteiger partial charge in [0.2, 0.25) is 5.91 Å². The maximum absolute atomic E-state index is 11.7. The Kier molecular flexibility index (Phi) is 3.26. The molecule has 1 aromatic rings. The summed E-state index contributed by atoms with van der Waals surface area (Å²) in [4.78, 5) is 15.7. The first kappa shape index (κ1) is 12.6. The average Bonchev–Trinajstić information content (AvgIpc) is 2.74. The lowest BCUT2D eigenvalue weighted by Gasteiger charge is -2.32. The molecule has 3 rings (SSSR count). The molecule has 5 heteroatoms. The molecule has 1 atom stereocenters. The van der Waals surface area contributed by atoms with Crippen molar-refractivity contribution in [3.8, 4) is 0 Å². The molecule has 0 aliphatic carbocycles. The number of amides is 1. The first-order valence-electron chi connectivity index (χ1n) is 6.76. The third-order valence-electron chi connectivity index (χ3n) is 4.07. The number of nitrogens with one attached hydrogen (secondary N) is 1. The molecule has 0 radical (unpaired) electrons. The minimum Gasteiger partial charge on any atom is -0.315 e. The molecule has 0 spiro atoms. The van der Waals surface area contributed by atoms with Gasteiger partial charge in [-0.05, 0) is 17.2 Å². The van der Waals surface area contributed by atoms with Crippen LogP contribution in [0.25, 0.3) is 0 Å². The van der Waals surface area contributed by atoms with Crippen LogP contribution >= 0.6 is 0 Å². The summed E-state index contributed by atoms with van der Waals surface area (Å²) in [6.45, 7) is 3.91. The second-order valence-electron chi connectivity index (χ2n) is 5.25. The summed E-state index contributed by atoms with van der Waals surface area (Å²) in [6, 6.07) is 6.14. The summed E-state index contributed by atoms with van der Waals surface area (Å²) in [5.41, 5.74) is 9.54. The fourth-order valence-corrected chi connectivity index (χ4v) is 2.85. The SMILES string of the molecule is CN1C(=O)Cc2cc(C(N)N3CCNCC3)ccc21. The van der Waals surface area contributed by atoms with Gasteiger partial charge >= 0.3 is 0 Å². The summed E-state index contributed by atoms with van der Waals surface area (Å²) in [5, 5.41) is 3.33. The molecular weight excluding hydrogens is 240 g/mol. The molecule has 1 aromatic carbocycles. The Bertz CT molecular complexity index is 496. The van der Waals surface area contributed by atoms with Crippen LogP contribution in [0.1, 0.15) is 17.3 Å². The van der Waals surface area contributed by atoms with E-state index in [1.54, 1.807) is 4.90 Å². The zero-order valence-corrected chi connectivity index (χ0v) is 11.2. The zero-order valence-electron chi connectivity index (χ0n) is 11.2. The molecule has 0 bridgehead atoms. The molecule has 0 aromatic heterocycles. The molecule has 2 heterocycles. The van der Waals surface area contributed by atoms with Crippen LogP contribution in [0.15, 0.2) is 18.2 Å². The summed E-state index contributed by atoms with van der Waals surface area (Å²) in [7, 11) is 1.82. The van der Waals surface area contributed by atoms with Gasteiger partial charge in [0.1, 0.15) is 0 Å². The monoisotopic (exact) mass is 260 g/mol. The lowest BCUT2D eigenvalue weighted by molar-refractivity contribution is -0.117. The number of rotatable bonds is 2. The van der Waals surface area contributed by atoms with Crippen molar-refractivity contribution in [1.29, 1.82) is 0 Å². The third kappa shape index (κ3) is 2.25. The van der Waals surface area contributed by atoms with E-state index in [0.29, 0.717) is 6.42 Å². The normalized spacial score (nSPS) is 21.6. The van der Waals surface area contributed by atoms with E-state index in [1.807, 2.05) is 19.2 Å². The summed E-state index contributed by atoms with van der Waals surface area (Å²) in [6.07, 6.45) is 0.418. The molecule has 1 amide bonds. The fourth-order valence-electron chi connectivity index (χ4n) is 2.85. The van der Waals surface area contributed by atoms with E-state index in [9.17, 15) is 4.79 Å². The van der Waals surface area contributed by atoms with Crippen molar-refractivity contribution < 1.29 is 4.79 Å². The van der Waals surface area contributed by atoms with Crippen LogP contribution in [-0.2, 0) is 11.2 Å². The van der Waals surface area contributed by atoms with Crippen LogP contribution in [-0.4, -0.2) is 44.0 Å². The highest BCUT2D eigenvalue weighted by Crippen LogP contribution is 2.30. The molecule has 102 valence electrons. The van der Waals surface area contributed by atoms with E-state index in [2.05, 4.69) is 16.3 Å². The molecule has 1 fully saturated rings. The number of carbonyl (C=O) groups excluding carboxylic acids is 1.